The molecule has 2 fully saturated rings. The normalized spacial score (nSPS) is 23.7. The molecule has 23 heavy (non-hydrogen) atoms. The maximum atomic E-state index is 12.8. The Balaban J connectivity index is 1.72. The number of nitrogens with zero attached hydrogens (tertiary/aromatic N) is 3. The molecule has 0 bridgehead atoms. The van der Waals surface area contributed by atoms with Gasteiger partial charge in [-0.05, 0) is 30.7 Å². The summed E-state index contributed by atoms with van der Waals surface area (Å²) in [5.74, 6) is -0.147. The third-order valence-electron chi connectivity index (χ3n) is 5.02. The van der Waals surface area contributed by atoms with Crippen LogP contribution in [0.4, 0.5) is 5.69 Å². The first-order valence-electron chi connectivity index (χ1n) is 8.56. The number of rotatable bonds is 4. The highest BCUT2D eigenvalue weighted by Crippen LogP contribution is 2.26. The van der Waals surface area contributed by atoms with Crippen molar-refractivity contribution in [1.29, 1.82) is 0 Å². The molecular formula is C18H25N3O2. The molecule has 0 aromatic heterocycles. The number of amides is 2. The molecule has 2 amide bonds. The highest BCUT2D eigenvalue weighted by atomic mass is 16.2. The van der Waals surface area contributed by atoms with Crippen LogP contribution in [0.25, 0.3) is 0 Å². The van der Waals surface area contributed by atoms with E-state index in [1.807, 2.05) is 24.3 Å². The average molecular weight is 315 g/mol. The lowest BCUT2D eigenvalue weighted by Gasteiger charge is -2.36. The molecule has 5 nitrogen and oxygen atoms in total. The maximum Gasteiger partial charge on any atom is 0.251 e. The highest BCUT2D eigenvalue weighted by Gasteiger charge is 2.43. The van der Waals surface area contributed by atoms with Gasteiger partial charge in [-0.1, -0.05) is 26.0 Å². The van der Waals surface area contributed by atoms with Gasteiger partial charge in [-0.2, -0.15) is 0 Å². The molecule has 5 heteroatoms. The zero-order valence-corrected chi connectivity index (χ0v) is 14.0. The second kappa shape index (κ2) is 6.81. The predicted octanol–water partition coefficient (Wildman–Crippen LogP) is 1.52. The number of imide groups is 1. The monoisotopic (exact) mass is 315 g/mol. The SMILES string of the molecule is CCc1ccc(N2C(=O)C[C@@H](N3CCN(CC)CC3)C2=O)cc1. The van der Waals surface area contributed by atoms with Crippen molar-refractivity contribution >= 4 is 17.5 Å². The molecule has 0 saturated carbocycles. The summed E-state index contributed by atoms with van der Waals surface area (Å²) in [6, 6.07) is 7.46. The fourth-order valence-corrected chi connectivity index (χ4v) is 3.44. The number of piperazine rings is 1. The van der Waals surface area contributed by atoms with Crippen LogP contribution in [0, 0.1) is 0 Å². The van der Waals surface area contributed by atoms with Crippen molar-refractivity contribution in [2.24, 2.45) is 0 Å². The summed E-state index contributed by atoms with van der Waals surface area (Å²) in [7, 11) is 0. The predicted molar refractivity (Wildman–Crippen MR) is 90.4 cm³/mol. The Morgan fingerprint density at radius 1 is 1.00 bits per heavy atom. The molecule has 2 saturated heterocycles. The molecular weight excluding hydrogens is 290 g/mol. The van der Waals surface area contributed by atoms with Gasteiger partial charge in [-0.3, -0.25) is 14.5 Å². The van der Waals surface area contributed by atoms with Crippen LogP contribution >= 0.6 is 0 Å². The lowest BCUT2D eigenvalue weighted by Crippen LogP contribution is -2.52. The van der Waals surface area contributed by atoms with E-state index in [0.29, 0.717) is 12.1 Å². The van der Waals surface area contributed by atoms with Crippen LogP contribution in [-0.2, 0) is 16.0 Å². The summed E-state index contributed by atoms with van der Waals surface area (Å²) in [4.78, 5) is 31.1. The van der Waals surface area contributed by atoms with Gasteiger partial charge >= 0.3 is 0 Å². The summed E-state index contributed by atoms with van der Waals surface area (Å²) >= 11 is 0. The summed E-state index contributed by atoms with van der Waals surface area (Å²) in [5.41, 5.74) is 1.91. The second-order valence-corrected chi connectivity index (χ2v) is 6.28. The number of aryl methyl sites for hydroxylation is 1. The molecule has 2 aliphatic rings. The van der Waals surface area contributed by atoms with Crippen LogP contribution in [0.2, 0.25) is 0 Å². The third kappa shape index (κ3) is 3.16. The molecule has 1 aromatic carbocycles. The fraction of sp³-hybridized carbons (Fsp3) is 0.556. The summed E-state index contributed by atoms with van der Waals surface area (Å²) in [6.45, 7) is 8.95. The minimum atomic E-state index is -0.285. The Kier molecular flexibility index (Phi) is 4.78. The number of hydrogen-bond donors (Lipinski definition) is 0. The standard InChI is InChI=1S/C18H25N3O2/c1-3-14-5-7-15(8-6-14)21-17(22)13-16(18(21)23)20-11-9-19(4-2)10-12-20/h5-8,16H,3-4,9-13H2,1-2H3/t16-/m1/s1. The number of likely N-dealkylation sites (N-methyl/N-ethyl adjacent to an activating group) is 1. The second-order valence-electron chi connectivity index (χ2n) is 6.28. The molecule has 0 unspecified atom stereocenters. The molecule has 3 rings (SSSR count). The molecule has 0 radical (unpaired) electrons. The van der Waals surface area contributed by atoms with E-state index in [0.717, 1.165) is 39.1 Å². The first-order chi connectivity index (χ1) is 11.1. The number of carbonyl (C=O) groups excluding carboxylic acids is 2. The molecule has 0 spiro atoms. The first kappa shape index (κ1) is 16.1. The van der Waals surface area contributed by atoms with E-state index < -0.39 is 0 Å². The van der Waals surface area contributed by atoms with Crippen molar-refractivity contribution in [3.63, 3.8) is 0 Å². The van der Waals surface area contributed by atoms with Crippen LogP contribution in [-0.4, -0.2) is 60.4 Å². The van der Waals surface area contributed by atoms with E-state index >= 15 is 0 Å². The van der Waals surface area contributed by atoms with Gasteiger partial charge in [0.05, 0.1) is 18.2 Å². The van der Waals surface area contributed by atoms with Crippen molar-refractivity contribution in [2.45, 2.75) is 32.7 Å². The Bertz CT molecular complexity index is 576. The van der Waals surface area contributed by atoms with Crippen LogP contribution in [0.15, 0.2) is 24.3 Å². The van der Waals surface area contributed by atoms with E-state index in [1.54, 1.807) is 0 Å². The Hall–Kier alpha value is -1.72. The molecule has 0 aliphatic carbocycles. The van der Waals surface area contributed by atoms with Crippen LogP contribution in [0.1, 0.15) is 25.8 Å². The fourth-order valence-electron chi connectivity index (χ4n) is 3.44. The Morgan fingerprint density at radius 2 is 1.65 bits per heavy atom. The van der Waals surface area contributed by atoms with Gasteiger partial charge in [0.15, 0.2) is 0 Å². The molecule has 0 N–H and O–H groups in total. The Morgan fingerprint density at radius 3 is 2.22 bits per heavy atom. The summed E-state index contributed by atoms with van der Waals surface area (Å²) in [5, 5.41) is 0. The summed E-state index contributed by atoms with van der Waals surface area (Å²) < 4.78 is 0. The van der Waals surface area contributed by atoms with E-state index in [-0.39, 0.29) is 17.9 Å². The van der Waals surface area contributed by atoms with E-state index in [9.17, 15) is 9.59 Å². The van der Waals surface area contributed by atoms with Crippen LogP contribution < -0.4 is 4.90 Å². The topological polar surface area (TPSA) is 43.9 Å². The smallest absolute Gasteiger partial charge is 0.251 e. The first-order valence-corrected chi connectivity index (χ1v) is 8.56. The van der Waals surface area contributed by atoms with E-state index in [2.05, 4.69) is 23.6 Å². The summed E-state index contributed by atoms with van der Waals surface area (Å²) in [6.07, 6.45) is 1.26. The number of benzene rings is 1. The van der Waals surface area contributed by atoms with Crippen molar-refractivity contribution in [2.75, 3.05) is 37.6 Å². The molecule has 2 aliphatic heterocycles. The lowest BCUT2D eigenvalue weighted by molar-refractivity contribution is -0.123. The van der Waals surface area contributed by atoms with Gasteiger partial charge in [0.2, 0.25) is 5.91 Å². The van der Waals surface area contributed by atoms with Gasteiger partial charge in [-0.25, -0.2) is 4.90 Å². The highest BCUT2D eigenvalue weighted by molar-refractivity contribution is 6.22. The van der Waals surface area contributed by atoms with Gasteiger partial charge < -0.3 is 4.90 Å². The minimum Gasteiger partial charge on any atom is -0.301 e. The zero-order valence-electron chi connectivity index (χ0n) is 14.0. The molecule has 1 atom stereocenters. The zero-order chi connectivity index (χ0) is 16.4. The van der Waals surface area contributed by atoms with Crippen LogP contribution in [0.3, 0.4) is 0 Å². The largest absolute Gasteiger partial charge is 0.301 e. The van der Waals surface area contributed by atoms with Gasteiger partial charge in [-0.15, -0.1) is 0 Å². The van der Waals surface area contributed by atoms with Crippen LogP contribution in [0.5, 0.6) is 0 Å². The molecule has 2 heterocycles. The van der Waals surface area contributed by atoms with Crippen molar-refractivity contribution in [3.8, 4) is 0 Å². The van der Waals surface area contributed by atoms with Crippen molar-refractivity contribution < 1.29 is 9.59 Å². The van der Waals surface area contributed by atoms with Gasteiger partial charge in [0.1, 0.15) is 0 Å². The number of hydrogen-bond acceptors (Lipinski definition) is 4. The van der Waals surface area contributed by atoms with Crippen molar-refractivity contribution in [1.82, 2.24) is 9.80 Å². The van der Waals surface area contributed by atoms with E-state index in [1.165, 1.54) is 10.5 Å². The Labute approximate surface area is 137 Å². The number of carbonyl (C=O) groups is 2. The maximum absolute atomic E-state index is 12.8. The van der Waals surface area contributed by atoms with Gasteiger partial charge in [0.25, 0.3) is 5.91 Å². The molecule has 1 aromatic rings. The van der Waals surface area contributed by atoms with Gasteiger partial charge in [0, 0.05) is 26.2 Å². The molecule has 124 valence electrons. The minimum absolute atomic E-state index is 0.0656. The number of anilines is 1. The quantitative estimate of drug-likeness (QED) is 0.790. The van der Waals surface area contributed by atoms with Crippen molar-refractivity contribution in [3.05, 3.63) is 29.8 Å². The van der Waals surface area contributed by atoms with E-state index in [4.69, 9.17) is 0 Å². The average Bonchev–Trinajstić information content (AvgIpc) is 2.89. The third-order valence-corrected chi connectivity index (χ3v) is 5.02. The lowest BCUT2D eigenvalue weighted by atomic mass is 10.1.